The fraction of sp³-hybridized carbons (Fsp3) is 0. The summed E-state index contributed by atoms with van der Waals surface area (Å²) in [6.45, 7) is 0. The van der Waals surface area contributed by atoms with Crippen molar-refractivity contribution in [2.45, 2.75) is 0 Å². The van der Waals surface area contributed by atoms with Crippen molar-refractivity contribution in [1.82, 2.24) is 0 Å². The summed E-state index contributed by atoms with van der Waals surface area (Å²) in [5.41, 5.74) is 0.854. The molecule has 0 heterocycles. The predicted molar refractivity (Wildman–Crippen MR) is 61.5 cm³/mol. The zero-order valence-corrected chi connectivity index (χ0v) is 8.59. The van der Waals surface area contributed by atoms with Crippen LogP contribution in [0.3, 0.4) is 0 Å². The third-order valence-corrected chi connectivity index (χ3v) is 2.28. The Hall–Kier alpha value is -2.22. The van der Waals surface area contributed by atoms with E-state index in [2.05, 4.69) is 0 Å². The molecule has 0 atom stereocenters. The standard InChI is InChI=1S/C14H10O2/c15-13(11-7-3-1-4-8-11)14(16)12-9-5-2-6-10-12/h1-10H/i15+2,16+2. The molecule has 0 radical (unpaired) electrons. The first kappa shape index (κ1) is 10.3. The molecule has 0 aliphatic heterocycles. The van der Waals surface area contributed by atoms with Crippen LogP contribution in [0.5, 0.6) is 0 Å². The molecule has 0 aromatic heterocycles. The van der Waals surface area contributed by atoms with Crippen molar-refractivity contribution < 1.29 is 9.59 Å². The lowest BCUT2D eigenvalue weighted by molar-refractivity contribution is 0.0817. The molecule has 2 rings (SSSR count). The van der Waals surface area contributed by atoms with E-state index in [0.717, 1.165) is 0 Å². The largest absolute Gasteiger partial charge is 0.285 e. The molecule has 0 fully saturated rings. The molecule has 0 aliphatic rings. The zero-order valence-electron chi connectivity index (χ0n) is 8.59. The second kappa shape index (κ2) is 4.53. The average molecular weight is 214 g/mol. The van der Waals surface area contributed by atoms with Gasteiger partial charge in [-0.2, -0.15) is 0 Å². The van der Waals surface area contributed by atoms with Crippen LogP contribution in [0.4, 0.5) is 0 Å². The zero-order chi connectivity index (χ0) is 11.4. The molecule has 78 valence electrons. The van der Waals surface area contributed by atoms with Gasteiger partial charge in [-0.3, -0.25) is 9.59 Å². The van der Waals surface area contributed by atoms with Gasteiger partial charge in [0.05, 0.1) is 0 Å². The molecular formula is C14H10O2. The van der Waals surface area contributed by atoms with Gasteiger partial charge >= 0.3 is 0 Å². The molecule has 0 N–H and O–H groups in total. The Bertz CT molecular complexity index is 451. The molecule has 0 bridgehead atoms. The van der Waals surface area contributed by atoms with Crippen LogP contribution in [0.2, 0.25) is 0 Å². The molecule has 2 aromatic carbocycles. The van der Waals surface area contributed by atoms with Crippen LogP contribution >= 0.6 is 0 Å². The van der Waals surface area contributed by atoms with Gasteiger partial charge in [0.2, 0.25) is 11.6 Å². The molecule has 2 nitrogen and oxygen atoms in total. The normalized spacial score (nSPS) is 9.75. The summed E-state index contributed by atoms with van der Waals surface area (Å²) in [4.78, 5) is 23.6. The maximum absolute atomic E-state index is 11.8. The average Bonchev–Trinajstić information content (AvgIpc) is 2.39. The Morgan fingerprint density at radius 1 is 0.562 bits per heavy atom. The van der Waals surface area contributed by atoms with Crippen molar-refractivity contribution in [3.8, 4) is 0 Å². The van der Waals surface area contributed by atoms with E-state index in [1.807, 2.05) is 12.1 Å². The molecular weight excluding hydrogens is 204 g/mol. The summed E-state index contributed by atoms with van der Waals surface area (Å²) in [5.74, 6) is -0.932. The lowest BCUT2D eigenvalue weighted by atomic mass is 10.0. The minimum atomic E-state index is -0.466. The number of rotatable bonds is 3. The number of Topliss-reactive ketones (excluding diaryl/α,β-unsaturated/α-hetero) is 2. The van der Waals surface area contributed by atoms with E-state index in [9.17, 15) is 9.59 Å². The molecule has 0 aliphatic carbocycles. The highest BCUT2D eigenvalue weighted by Gasteiger charge is 2.16. The third kappa shape index (κ3) is 2.06. The molecule has 0 spiro atoms. The Morgan fingerprint density at radius 2 is 0.875 bits per heavy atom. The van der Waals surface area contributed by atoms with Gasteiger partial charge in [-0.1, -0.05) is 60.7 Å². The van der Waals surface area contributed by atoms with Crippen LogP contribution in [0.15, 0.2) is 60.7 Å². The molecule has 0 saturated carbocycles. The first-order valence-corrected chi connectivity index (χ1v) is 4.98. The monoisotopic (exact) mass is 214 g/mol. The molecule has 0 saturated heterocycles. The Labute approximate surface area is 93.5 Å². The number of ketones is 2. The van der Waals surface area contributed by atoms with E-state index in [0.29, 0.717) is 11.1 Å². The molecule has 2 heteroatoms. The van der Waals surface area contributed by atoms with Crippen molar-refractivity contribution in [3.05, 3.63) is 71.8 Å². The minimum absolute atomic E-state index is 0.427. The minimum Gasteiger partial charge on any atom is -0.285 e. The van der Waals surface area contributed by atoms with Gasteiger partial charge in [0.15, 0.2) is 0 Å². The molecule has 2 aromatic rings. The van der Waals surface area contributed by atoms with E-state index in [1.54, 1.807) is 48.5 Å². The maximum atomic E-state index is 11.8. The van der Waals surface area contributed by atoms with E-state index >= 15 is 0 Å². The summed E-state index contributed by atoms with van der Waals surface area (Å²) in [6, 6.07) is 17.2. The van der Waals surface area contributed by atoms with Crippen molar-refractivity contribution in [2.24, 2.45) is 0 Å². The summed E-state index contributed by atoms with van der Waals surface area (Å²) in [6.07, 6.45) is 0. The van der Waals surface area contributed by atoms with Gasteiger partial charge in [-0.15, -0.1) is 0 Å². The summed E-state index contributed by atoms with van der Waals surface area (Å²) < 4.78 is 0. The fourth-order valence-corrected chi connectivity index (χ4v) is 1.44. The fourth-order valence-electron chi connectivity index (χ4n) is 1.44. The Morgan fingerprint density at radius 3 is 1.19 bits per heavy atom. The highest BCUT2D eigenvalue weighted by Crippen LogP contribution is 2.07. The third-order valence-electron chi connectivity index (χ3n) is 2.28. The van der Waals surface area contributed by atoms with Crippen molar-refractivity contribution >= 4 is 11.6 Å². The first-order valence-electron chi connectivity index (χ1n) is 4.98. The van der Waals surface area contributed by atoms with Crippen LogP contribution < -0.4 is 0 Å². The molecule has 0 unspecified atom stereocenters. The van der Waals surface area contributed by atoms with E-state index in [-0.39, 0.29) is 0 Å². The lowest BCUT2D eigenvalue weighted by Gasteiger charge is -1.99. The van der Waals surface area contributed by atoms with Gasteiger partial charge in [0.1, 0.15) is 0 Å². The number of benzene rings is 2. The summed E-state index contributed by atoms with van der Waals surface area (Å²) in [5, 5.41) is 0. The van der Waals surface area contributed by atoms with Crippen molar-refractivity contribution in [3.63, 3.8) is 0 Å². The van der Waals surface area contributed by atoms with Crippen LogP contribution in [0.25, 0.3) is 0 Å². The highest BCUT2D eigenvalue weighted by atomic mass is 18.1. The van der Waals surface area contributed by atoms with E-state index in [4.69, 9.17) is 0 Å². The Kier molecular flexibility index (Phi) is 2.92. The lowest BCUT2D eigenvalue weighted by Crippen LogP contribution is -2.14. The number of carbonyl (C=O) groups excluding carboxylic acids is 2. The first-order chi connectivity index (χ1) is 7.79. The van der Waals surface area contributed by atoms with Gasteiger partial charge in [-0.25, -0.2) is 0 Å². The smallest absolute Gasteiger partial charge is 0.233 e. The second-order valence-corrected chi connectivity index (χ2v) is 3.39. The van der Waals surface area contributed by atoms with E-state index < -0.39 is 11.6 Å². The highest BCUT2D eigenvalue weighted by molar-refractivity contribution is 6.49. The van der Waals surface area contributed by atoms with Gasteiger partial charge in [-0.05, 0) is 0 Å². The van der Waals surface area contributed by atoms with Crippen LogP contribution in [0.1, 0.15) is 20.7 Å². The van der Waals surface area contributed by atoms with Gasteiger partial charge in [0.25, 0.3) is 0 Å². The number of carbonyl (C=O) groups is 2. The topological polar surface area (TPSA) is 34.1 Å². The quantitative estimate of drug-likeness (QED) is 0.447. The second-order valence-electron chi connectivity index (χ2n) is 3.39. The Balaban J connectivity index is 2.28. The van der Waals surface area contributed by atoms with Crippen LogP contribution in [-0.2, 0) is 0 Å². The van der Waals surface area contributed by atoms with Crippen molar-refractivity contribution in [2.75, 3.05) is 0 Å². The van der Waals surface area contributed by atoms with Gasteiger partial charge < -0.3 is 0 Å². The van der Waals surface area contributed by atoms with Crippen LogP contribution in [-0.4, -0.2) is 11.6 Å². The SMILES string of the molecule is [18O]=C(C(=[18O])c1ccccc1)c1ccccc1. The number of hydrogen-bond acceptors (Lipinski definition) is 2. The molecule has 16 heavy (non-hydrogen) atoms. The predicted octanol–water partition coefficient (Wildman–Crippen LogP) is 2.75. The van der Waals surface area contributed by atoms with Crippen molar-refractivity contribution in [1.29, 1.82) is 0 Å². The number of hydrogen-bond donors (Lipinski definition) is 0. The molecule has 0 amide bonds. The summed E-state index contributed by atoms with van der Waals surface area (Å²) in [7, 11) is 0. The maximum Gasteiger partial charge on any atom is 0.233 e. The summed E-state index contributed by atoms with van der Waals surface area (Å²) >= 11 is 0. The van der Waals surface area contributed by atoms with Crippen LogP contribution in [0, 0.1) is 0 Å². The van der Waals surface area contributed by atoms with Gasteiger partial charge in [0, 0.05) is 11.1 Å². The van der Waals surface area contributed by atoms with E-state index in [1.165, 1.54) is 0 Å².